The molecule has 0 heterocycles. The number of rotatable bonds is 5. The zero-order valence-corrected chi connectivity index (χ0v) is 12.1. The summed E-state index contributed by atoms with van der Waals surface area (Å²) < 4.78 is 0. The highest BCUT2D eigenvalue weighted by Gasteiger charge is 2.55. The third-order valence-corrected chi connectivity index (χ3v) is 5.25. The van der Waals surface area contributed by atoms with Gasteiger partial charge in [-0.1, -0.05) is 44.5 Å². The van der Waals surface area contributed by atoms with E-state index in [4.69, 9.17) is 5.84 Å². The lowest BCUT2D eigenvalue weighted by atomic mass is 9.95. The Morgan fingerprint density at radius 1 is 1.16 bits per heavy atom. The molecule has 2 aliphatic carbocycles. The fourth-order valence-electron chi connectivity index (χ4n) is 4.07. The van der Waals surface area contributed by atoms with Gasteiger partial charge in [0.05, 0.1) is 0 Å². The summed E-state index contributed by atoms with van der Waals surface area (Å²) in [6.45, 7) is 4.48. The quantitative estimate of drug-likeness (QED) is 0.628. The zero-order chi connectivity index (χ0) is 13.4. The van der Waals surface area contributed by atoms with Crippen molar-refractivity contribution < 1.29 is 0 Å². The lowest BCUT2D eigenvalue weighted by molar-refractivity contribution is 0.410. The number of hydrogen-bond donors (Lipinski definition) is 2. The van der Waals surface area contributed by atoms with Crippen molar-refractivity contribution in [3.05, 3.63) is 35.4 Å². The van der Waals surface area contributed by atoms with Gasteiger partial charge in [-0.15, -0.1) is 0 Å². The number of benzene rings is 1. The summed E-state index contributed by atoms with van der Waals surface area (Å²) >= 11 is 0. The lowest BCUT2D eigenvalue weighted by Gasteiger charge is -2.18. The third kappa shape index (κ3) is 2.56. The van der Waals surface area contributed by atoms with Crippen molar-refractivity contribution in [2.45, 2.75) is 51.5 Å². The third-order valence-electron chi connectivity index (χ3n) is 5.25. The first-order valence-corrected chi connectivity index (χ1v) is 7.75. The summed E-state index contributed by atoms with van der Waals surface area (Å²) in [5.41, 5.74) is 5.91. The van der Waals surface area contributed by atoms with Gasteiger partial charge < -0.3 is 0 Å². The molecule has 3 unspecified atom stereocenters. The molecule has 2 fully saturated rings. The van der Waals surface area contributed by atoms with Crippen molar-refractivity contribution in [3.63, 3.8) is 0 Å². The highest BCUT2D eigenvalue weighted by atomic mass is 15.2. The summed E-state index contributed by atoms with van der Waals surface area (Å²) in [6, 6.07) is 9.55. The van der Waals surface area contributed by atoms with Crippen LogP contribution < -0.4 is 11.3 Å². The van der Waals surface area contributed by atoms with Gasteiger partial charge in [-0.05, 0) is 54.1 Å². The summed E-state index contributed by atoms with van der Waals surface area (Å²) in [5.74, 6) is 9.18. The summed E-state index contributed by atoms with van der Waals surface area (Å²) in [7, 11) is 0. The van der Waals surface area contributed by atoms with Gasteiger partial charge in [0, 0.05) is 6.04 Å². The minimum atomic E-state index is 0.472. The van der Waals surface area contributed by atoms with Crippen molar-refractivity contribution in [1.82, 2.24) is 5.43 Å². The molecule has 0 radical (unpaired) electrons. The highest BCUT2D eigenvalue weighted by Crippen LogP contribution is 2.59. The van der Waals surface area contributed by atoms with Crippen LogP contribution in [-0.4, -0.2) is 6.04 Å². The second-order valence-electron chi connectivity index (χ2n) is 6.71. The van der Waals surface area contributed by atoms with Gasteiger partial charge in [0.25, 0.3) is 0 Å². The molecule has 0 saturated heterocycles. The van der Waals surface area contributed by atoms with Crippen LogP contribution in [0.3, 0.4) is 0 Å². The molecule has 3 atom stereocenters. The average molecular weight is 258 g/mol. The van der Waals surface area contributed by atoms with Gasteiger partial charge in [0.15, 0.2) is 0 Å². The van der Waals surface area contributed by atoms with Crippen molar-refractivity contribution in [2.24, 2.45) is 23.6 Å². The van der Waals surface area contributed by atoms with Crippen LogP contribution in [0.1, 0.15) is 50.2 Å². The maximum atomic E-state index is 5.79. The molecule has 0 spiro atoms. The number of hydrogen-bond acceptors (Lipinski definition) is 2. The molecule has 2 aliphatic rings. The zero-order valence-electron chi connectivity index (χ0n) is 12.1. The fourth-order valence-corrected chi connectivity index (χ4v) is 4.07. The monoisotopic (exact) mass is 258 g/mol. The molecule has 1 aromatic rings. The van der Waals surface area contributed by atoms with E-state index in [0.29, 0.717) is 12.0 Å². The first kappa shape index (κ1) is 13.1. The van der Waals surface area contributed by atoms with Gasteiger partial charge in [0.2, 0.25) is 0 Å². The van der Waals surface area contributed by atoms with Crippen LogP contribution in [0.15, 0.2) is 24.3 Å². The van der Waals surface area contributed by atoms with E-state index >= 15 is 0 Å². The minimum Gasteiger partial charge on any atom is -0.271 e. The van der Waals surface area contributed by atoms with Crippen LogP contribution in [0.2, 0.25) is 0 Å². The standard InChI is InChI=1S/C17H26N2/c1-11(2)13-8-6-12(7-9-13)10-16(19-18)17-14-4-3-5-15(14)17/h6-9,11,14-17,19H,3-5,10,18H2,1-2H3. The number of nitrogens with two attached hydrogens (primary N) is 1. The van der Waals surface area contributed by atoms with Gasteiger partial charge in [-0.2, -0.15) is 0 Å². The van der Waals surface area contributed by atoms with E-state index in [0.717, 1.165) is 24.2 Å². The van der Waals surface area contributed by atoms with Crippen LogP contribution in [0.5, 0.6) is 0 Å². The largest absolute Gasteiger partial charge is 0.271 e. The summed E-state index contributed by atoms with van der Waals surface area (Å²) in [4.78, 5) is 0. The lowest BCUT2D eigenvalue weighted by Crippen LogP contribution is -2.39. The maximum Gasteiger partial charge on any atom is 0.0284 e. The van der Waals surface area contributed by atoms with E-state index < -0.39 is 0 Å². The van der Waals surface area contributed by atoms with E-state index in [-0.39, 0.29) is 0 Å². The number of fused-ring (bicyclic) bond motifs is 1. The van der Waals surface area contributed by atoms with Gasteiger partial charge in [-0.3, -0.25) is 11.3 Å². The Morgan fingerprint density at radius 3 is 2.32 bits per heavy atom. The summed E-state index contributed by atoms with van der Waals surface area (Å²) in [6.07, 6.45) is 5.37. The topological polar surface area (TPSA) is 38.0 Å². The van der Waals surface area contributed by atoms with E-state index in [2.05, 4.69) is 43.5 Å². The molecule has 3 rings (SSSR count). The molecule has 2 saturated carbocycles. The Balaban J connectivity index is 1.63. The normalized spacial score (nSPS) is 30.4. The average Bonchev–Trinajstić information content (AvgIpc) is 2.89. The predicted octanol–water partition coefficient (Wildman–Crippen LogP) is 3.23. The Hall–Kier alpha value is -0.860. The van der Waals surface area contributed by atoms with Crippen molar-refractivity contribution in [1.29, 1.82) is 0 Å². The van der Waals surface area contributed by atoms with Crippen LogP contribution in [-0.2, 0) is 6.42 Å². The smallest absolute Gasteiger partial charge is 0.0284 e. The molecule has 2 nitrogen and oxygen atoms in total. The van der Waals surface area contributed by atoms with Crippen LogP contribution in [0.4, 0.5) is 0 Å². The Labute approximate surface area is 116 Å². The minimum absolute atomic E-state index is 0.472. The number of nitrogens with one attached hydrogen (secondary N) is 1. The molecule has 3 N–H and O–H groups in total. The van der Waals surface area contributed by atoms with E-state index in [9.17, 15) is 0 Å². The van der Waals surface area contributed by atoms with E-state index in [1.807, 2.05) is 0 Å². The second kappa shape index (κ2) is 5.26. The SMILES string of the molecule is CC(C)c1ccc(CC(NN)C2C3CCCC32)cc1. The summed E-state index contributed by atoms with van der Waals surface area (Å²) in [5, 5.41) is 0. The van der Waals surface area contributed by atoms with Crippen molar-refractivity contribution >= 4 is 0 Å². The molecular formula is C17H26N2. The van der Waals surface area contributed by atoms with Gasteiger partial charge in [-0.25, -0.2) is 0 Å². The molecular weight excluding hydrogens is 232 g/mol. The predicted molar refractivity (Wildman–Crippen MR) is 79.7 cm³/mol. The number of hydrazine groups is 1. The van der Waals surface area contributed by atoms with Gasteiger partial charge in [0.1, 0.15) is 0 Å². The Bertz CT molecular complexity index is 413. The van der Waals surface area contributed by atoms with Crippen molar-refractivity contribution in [3.8, 4) is 0 Å². The molecule has 2 heteroatoms. The molecule has 0 bridgehead atoms. The molecule has 0 aliphatic heterocycles. The molecule has 19 heavy (non-hydrogen) atoms. The second-order valence-corrected chi connectivity index (χ2v) is 6.71. The van der Waals surface area contributed by atoms with E-state index in [1.54, 1.807) is 0 Å². The van der Waals surface area contributed by atoms with Crippen molar-refractivity contribution in [2.75, 3.05) is 0 Å². The fraction of sp³-hybridized carbons (Fsp3) is 0.647. The maximum absolute atomic E-state index is 5.79. The first-order chi connectivity index (χ1) is 9.20. The first-order valence-electron chi connectivity index (χ1n) is 7.75. The van der Waals surface area contributed by atoms with Crippen LogP contribution in [0, 0.1) is 17.8 Å². The Morgan fingerprint density at radius 2 is 1.79 bits per heavy atom. The van der Waals surface area contributed by atoms with Gasteiger partial charge >= 0.3 is 0 Å². The Kier molecular flexibility index (Phi) is 3.64. The molecule has 1 aromatic carbocycles. The molecule has 0 aromatic heterocycles. The molecule has 0 amide bonds. The highest BCUT2D eigenvalue weighted by molar-refractivity contribution is 5.26. The van der Waals surface area contributed by atoms with E-state index in [1.165, 1.54) is 30.4 Å². The van der Waals surface area contributed by atoms with Crippen LogP contribution in [0.25, 0.3) is 0 Å². The van der Waals surface area contributed by atoms with Crippen LogP contribution >= 0.6 is 0 Å². The molecule has 104 valence electrons.